The molecule has 0 aliphatic rings. The normalized spacial score (nSPS) is 12.5. The molecule has 0 saturated heterocycles. The van der Waals surface area contributed by atoms with Gasteiger partial charge in [-0.1, -0.05) is 0 Å². The first-order valence-corrected chi connectivity index (χ1v) is 9.56. The topological polar surface area (TPSA) is 119 Å². The van der Waals surface area contributed by atoms with Crippen molar-refractivity contribution in [3.05, 3.63) is 54.2 Å². The number of anilines is 4. The average molecular weight is 439 g/mol. The van der Waals surface area contributed by atoms with Gasteiger partial charge in [0.2, 0.25) is 0 Å². The highest BCUT2D eigenvalue weighted by Gasteiger charge is 2.19. The van der Waals surface area contributed by atoms with E-state index in [1.807, 2.05) is 12.2 Å². The lowest BCUT2D eigenvalue weighted by molar-refractivity contribution is 0.0963. The molecule has 10 nitrogen and oxygen atoms in total. The number of fused-ring (bicyclic) bond motifs is 1. The van der Waals surface area contributed by atoms with E-state index in [-0.39, 0.29) is 23.0 Å². The fourth-order valence-electron chi connectivity index (χ4n) is 3.14. The lowest BCUT2D eigenvalue weighted by atomic mass is 10.2. The number of aromatic nitrogens is 5. The number of carbonyl (C=O) groups is 1. The molecule has 3 N–H and O–H groups in total. The number of aryl methyl sites for hydroxylation is 1. The predicted molar refractivity (Wildman–Crippen MR) is 118 cm³/mol. The van der Waals surface area contributed by atoms with Crippen LogP contribution in [0.25, 0.3) is 10.9 Å². The molecule has 0 fully saturated rings. The third-order valence-corrected chi connectivity index (χ3v) is 4.61. The largest absolute Gasteiger partial charge is 0.491 e. The SMILES string of the molecule is [2H]C([2H])([2H])NC(=O)c1ccc(Nc2ccc(F)cn2)nc1Nc1ncc2cnn(CC)c2c1OC. The third-order valence-electron chi connectivity index (χ3n) is 4.61. The molecule has 0 radical (unpaired) electrons. The molecule has 0 spiro atoms. The maximum atomic E-state index is 13.2. The van der Waals surface area contributed by atoms with Crippen molar-refractivity contribution >= 4 is 40.1 Å². The van der Waals surface area contributed by atoms with Gasteiger partial charge in [0.05, 0.1) is 25.1 Å². The zero-order chi connectivity index (χ0) is 25.2. The van der Waals surface area contributed by atoms with Crippen molar-refractivity contribution in [2.45, 2.75) is 13.5 Å². The summed E-state index contributed by atoms with van der Waals surface area (Å²) in [5.41, 5.74) is 0.637. The van der Waals surface area contributed by atoms with E-state index in [2.05, 4.69) is 30.7 Å². The number of ether oxygens (including phenoxy) is 1. The van der Waals surface area contributed by atoms with E-state index in [9.17, 15) is 9.18 Å². The number of halogens is 1. The van der Waals surface area contributed by atoms with Crippen molar-refractivity contribution < 1.29 is 18.0 Å². The highest BCUT2D eigenvalue weighted by molar-refractivity contribution is 6.00. The monoisotopic (exact) mass is 439 g/mol. The predicted octanol–water partition coefficient (Wildman–Crippen LogP) is 3.24. The molecule has 11 heteroatoms. The zero-order valence-corrected chi connectivity index (χ0v) is 17.2. The Bertz CT molecular complexity index is 1380. The Balaban J connectivity index is 1.77. The van der Waals surface area contributed by atoms with Crippen molar-refractivity contribution in [1.29, 1.82) is 0 Å². The van der Waals surface area contributed by atoms with Gasteiger partial charge >= 0.3 is 0 Å². The van der Waals surface area contributed by atoms with Crippen LogP contribution in [-0.2, 0) is 6.54 Å². The molecule has 4 heterocycles. The number of nitrogens with zero attached hydrogens (tertiary/aromatic N) is 5. The van der Waals surface area contributed by atoms with Gasteiger partial charge < -0.3 is 20.7 Å². The Morgan fingerprint density at radius 3 is 2.69 bits per heavy atom. The summed E-state index contributed by atoms with van der Waals surface area (Å²) in [6.07, 6.45) is 4.29. The van der Waals surface area contributed by atoms with Crippen molar-refractivity contribution in [2.75, 3.05) is 24.7 Å². The maximum absolute atomic E-state index is 13.2. The van der Waals surface area contributed by atoms with Crippen LogP contribution < -0.4 is 20.7 Å². The van der Waals surface area contributed by atoms with Gasteiger partial charge in [-0.05, 0) is 31.2 Å². The van der Waals surface area contributed by atoms with Crippen molar-refractivity contribution in [2.24, 2.45) is 0 Å². The van der Waals surface area contributed by atoms with E-state index < -0.39 is 18.7 Å². The molecule has 1 amide bonds. The molecule has 0 atom stereocenters. The number of carbonyl (C=O) groups excluding carboxylic acids is 1. The maximum Gasteiger partial charge on any atom is 0.254 e. The molecule has 4 aromatic rings. The molecule has 0 aliphatic heterocycles. The molecule has 0 aliphatic carbocycles. The number of amides is 1. The summed E-state index contributed by atoms with van der Waals surface area (Å²) in [5, 5.41) is 12.9. The number of hydrogen-bond donors (Lipinski definition) is 3. The molecule has 0 aromatic carbocycles. The second-order valence-electron chi connectivity index (χ2n) is 6.56. The van der Waals surface area contributed by atoms with Crippen molar-refractivity contribution in [3.63, 3.8) is 0 Å². The molecule has 0 saturated carbocycles. The van der Waals surface area contributed by atoms with Crippen LogP contribution in [0.1, 0.15) is 21.4 Å². The fraction of sp³-hybridized carbons (Fsp3) is 0.190. The third kappa shape index (κ3) is 4.00. The van der Waals surface area contributed by atoms with E-state index in [0.29, 0.717) is 23.6 Å². The standard InChI is InChI=1S/C21H21FN8O2/c1-4-30-17-12(10-26-30)9-25-20(18(17)32-3)29-19-14(21(31)23-2)6-8-16(28-19)27-15-7-5-13(22)11-24-15/h5-11H,4H2,1-3H3,(H,23,31)(H2,24,25,27,28,29)/i2D3. The number of methoxy groups -OCH3 is 1. The Kier molecular flexibility index (Phi) is 4.81. The Morgan fingerprint density at radius 1 is 1.12 bits per heavy atom. The molecule has 0 bridgehead atoms. The summed E-state index contributed by atoms with van der Waals surface area (Å²) in [7, 11) is 1.47. The Hall–Kier alpha value is -4.28. The van der Waals surface area contributed by atoms with Crippen LogP contribution in [0.2, 0.25) is 0 Å². The Labute approximate surface area is 187 Å². The lowest BCUT2D eigenvalue weighted by Crippen LogP contribution is -2.20. The lowest BCUT2D eigenvalue weighted by Gasteiger charge is -2.15. The summed E-state index contributed by atoms with van der Waals surface area (Å²) in [5.74, 6) is -0.185. The van der Waals surface area contributed by atoms with E-state index in [4.69, 9.17) is 8.85 Å². The van der Waals surface area contributed by atoms with Crippen LogP contribution in [-0.4, -0.2) is 44.7 Å². The van der Waals surface area contributed by atoms with Crippen LogP contribution >= 0.6 is 0 Å². The summed E-state index contributed by atoms with van der Waals surface area (Å²) < 4.78 is 42.6. The second kappa shape index (κ2) is 8.84. The number of pyridine rings is 3. The second-order valence-corrected chi connectivity index (χ2v) is 6.56. The Morgan fingerprint density at radius 2 is 1.97 bits per heavy atom. The summed E-state index contributed by atoms with van der Waals surface area (Å²) in [4.78, 5) is 25.4. The van der Waals surface area contributed by atoms with Gasteiger partial charge in [0.1, 0.15) is 28.8 Å². The van der Waals surface area contributed by atoms with E-state index in [1.54, 1.807) is 17.1 Å². The quantitative estimate of drug-likeness (QED) is 0.402. The van der Waals surface area contributed by atoms with Crippen molar-refractivity contribution in [3.8, 4) is 5.75 Å². The van der Waals surface area contributed by atoms with Gasteiger partial charge in [0, 0.05) is 29.2 Å². The molecule has 32 heavy (non-hydrogen) atoms. The molecular weight excluding hydrogens is 415 g/mol. The first kappa shape index (κ1) is 17.4. The summed E-state index contributed by atoms with van der Waals surface area (Å²) in [6, 6.07) is 5.51. The number of hydrogen-bond acceptors (Lipinski definition) is 8. The van der Waals surface area contributed by atoms with E-state index in [0.717, 1.165) is 11.6 Å². The zero-order valence-electron chi connectivity index (χ0n) is 20.2. The summed E-state index contributed by atoms with van der Waals surface area (Å²) in [6.45, 7) is -0.194. The van der Waals surface area contributed by atoms with Crippen LogP contribution in [0, 0.1) is 5.82 Å². The average Bonchev–Trinajstić information content (AvgIpc) is 3.23. The summed E-state index contributed by atoms with van der Waals surface area (Å²) >= 11 is 0. The minimum absolute atomic E-state index is 0.00609. The van der Waals surface area contributed by atoms with Crippen molar-refractivity contribution in [1.82, 2.24) is 30.0 Å². The van der Waals surface area contributed by atoms with Crippen LogP contribution in [0.5, 0.6) is 5.75 Å². The first-order valence-electron chi connectivity index (χ1n) is 11.1. The fourth-order valence-corrected chi connectivity index (χ4v) is 3.14. The van der Waals surface area contributed by atoms with Gasteiger partial charge in [-0.15, -0.1) is 0 Å². The molecule has 0 unspecified atom stereocenters. The minimum Gasteiger partial charge on any atom is -0.491 e. The van der Waals surface area contributed by atoms with Gasteiger partial charge in [-0.25, -0.2) is 19.3 Å². The molecule has 4 aromatic heterocycles. The molecular formula is C21H21FN8O2. The highest BCUT2D eigenvalue weighted by atomic mass is 19.1. The van der Waals surface area contributed by atoms with Crippen LogP contribution in [0.3, 0.4) is 0 Å². The number of rotatable bonds is 7. The number of nitrogens with one attached hydrogen (secondary N) is 3. The van der Waals surface area contributed by atoms with Gasteiger partial charge in [0.15, 0.2) is 11.6 Å². The van der Waals surface area contributed by atoms with Gasteiger partial charge in [-0.2, -0.15) is 5.10 Å². The first-order chi connectivity index (χ1) is 16.7. The smallest absolute Gasteiger partial charge is 0.254 e. The molecule has 164 valence electrons. The van der Waals surface area contributed by atoms with Gasteiger partial charge in [-0.3, -0.25) is 9.48 Å². The van der Waals surface area contributed by atoms with Gasteiger partial charge in [0.25, 0.3) is 5.91 Å². The molecule has 4 rings (SSSR count). The minimum atomic E-state index is -2.70. The van der Waals surface area contributed by atoms with Crippen LogP contribution in [0.4, 0.5) is 27.7 Å². The highest BCUT2D eigenvalue weighted by Crippen LogP contribution is 2.34. The van der Waals surface area contributed by atoms with E-state index >= 15 is 0 Å². The van der Waals surface area contributed by atoms with Crippen LogP contribution in [0.15, 0.2) is 42.9 Å². The van der Waals surface area contributed by atoms with E-state index in [1.165, 1.54) is 31.4 Å².